The van der Waals surface area contributed by atoms with Gasteiger partial charge in [0.2, 0.25) is 0 Å². The highest BCUT2D eigenvalue weighted by atomic mass is 19.4. The minimum absolute atomic E-state index is 0.508. The van der Waals surface area contributed by atoms with Gasteiger partial charge in [-0.05, 0) is 32.6 Å². The van der Waals surface area contributed by atoms with Gasteiger partial charge in [-0.3, -0.25) is 0 Å². The van der Waals surface area contributed by atoms with Crippen molar-refractivity contribution >= 4 is 0 Å². The van der Waals surface area contributed by atoms with Crippen LogP contribution in [0.25, 0.3) is 0 Å². The molecule has 1 atom stereocenters. The van der Waals surface area contributed by atoms with Crippen LogP contribution in [0.5, 0.6) is 0 Å². The van der Waals surface area contributed by atoms with Crippen LogP contribution in [0.3, 0.4) is 0 Å². The van der Waals surface area contributed by atoms with Crippen molar-refractivity contribution < 1.29 is 17.9 Å². The molecule has 0 saturated heterocycles. The molecule has 0 heterocycles. The van der Waals surface area contributed by atoms with Gasteiger partial charge in [0.05, 0.1) is 5.60 Å². The quantitative estimate of drug-likeness (QED) is 0.822. The summed E-state index contributed by atoms with van der Waals surface area (Å²) in [7, 11) is 0. The normalized spacial score (nSPS) is 26.0. The molecule has 2 saturated carbocycles. The zero-order valence-corrected chi connectivity index (χ0v) is 10.9. The highest BCUT2D eigenvalue weighted by Crippen LogP contribution is 2.36. The summed E-state index contributed by atoms with van der Waals surface area (Å²) in [6.07, 6.45) is 0.889. The van der Waals surface area contributed by atoms with Gasteiger partial charge in [0.25, 0.3) is 0 Å². The zero-order chi connectivity index (χ0) is 13.2. The maximum Gasteiger partial charge on any atom is 0.414 e. The van der Waals surface area contributed by atoms with E-state index in [4.69, 9.17) is 4.74 Å². The van der Waals surface area contributed by atoms with Gasteiger partial charge < -0.3 is 10.1 Å². The topological polar surface area (TPSA) is 21.3 Å². The maximum atomic E-state index is 12.6. The van der Waals surface area contributed by atoms with E-state index < -0.39 is 17.9 Å². The molecule has 0 bridgehead atoms. The summed E-state index contributed by atoms with van der Waals surface area (Å²) in [5, 5.41) is 3.33. The standard InChI is InChI=1S/C13H22F3NO/c1-10(13(14,15)16)18-12(7-3-2-4-8-12)9-17-11-5-6-11/h10-11,17H,2-9H2,1H3. The fourth-order valence-corrected chi connectivity index (χ4v) is 2.59. The van der Waals surface area contributed by atoms with Gasteiger partial charge in [-0.2, -0.15) is 13.2 Å². The van der Waals surface area contributed by atoms with E-state index in [0.717, 1.165) is 51.9 Å². The Balaban J connectivity index is 1.94. The van der Waals surface area contributed by atoms with Crippen molar-refractivity contribution in [2.45, 2.75) is 75.8 Å². The molecular formula is C13H22F3NO. The molecule has 106 valence electrons. The monoisotopic (exact) mass is 265 g/mol. The van der Waals surface area contributed by atoms with Crippen LogP contribution in [0.1, 0.15) is 51.9 Å². The van der Waals surface area contributed by atoms with Crippen molar-refractivity contribution in [1.29, 1.82) is 0 Å². The summed E-state index contributed by atoms with van der Waals surface area (Å²) in [6, 6.07) is 0.508. The average molecular weight is 265 g/mol. The van der Waals surface area contributed by atoms with Crippen molar-refractivity contribution in [2.24, 2.45) is 0 Å². The molecule has 0 aromatic rings. The second kappa shape index (κ2) is 5.37. The lowest BCUT2D eigenvalue weighted by Crippen LogP contribution is -2.49. The zero-order valence-electron chi connectivity index (χ0n) is 10.9. The van der Waals surface area contributed by atoms with E-state index in [0.29, 0.717) is 12.6 Å². The molecule has 1 unspecified atom stereocenters. The molecule has 2 fully saturated rings. The number of alkyl halides is 3. The van der Waals surface area contributed by atoms with Crippen LogP contribution >= 0.6 is 0 Å². The average Bonchev–Trinajstić information content (AvgIpc) is 3.10. The molecule has 2 rings (SSSR count). The van der Waals surface area contributed by atoms with Gasteiger partial charge in [0.1, 0.15) is 0 Å². The minimum Gasteiger partial charge on any atom is -0.361 e. The first kappa shape index (κ1) is 14.1. The number of rotatable bonds is 5. The highest BCUT2D eigenvalue weighted by Gasteiger charge is 2.44. The molecule has 2 aliphatic carbocycles. The Morgan fingerprint density at radius 1 is 1.22 bits per heavy atom. The van der Waals surface area contributed by atoms with E-state index >= 15 is 0 Å². The third-order valence-electron chi connectivity index (χ3n) is 3.94. The molecular weight excluding hydrogens is 243 g/mol. The van der Waals surface area contributed by atoms with Gasteiger partial charge in [-0.15, -0.1) is 0 Å². The summed E-state index contributed by atoms with van der Waals surface area (Å²) < 4.78 is 43.4. The molecule has 5 heteroatoms. The number of hydrogen-bond acceptors (Lipinski definition) is 2. The van der Waals surface area contributed by atoms with E-state index in [1.165, 1.54) is 0 Å². The molecule has 0 aliphatic heterocycles. The van der Waals surface area contributed by atoms with Gasteiger partial charge >= 0.3 is 6.18 Å². The van der Waals surface area contributed by atoms with Gasteiger partial charge in [0, 0.05) is 12.6 Å². The first-order chi connectivity index (χ1) is 8.41. The van der Waals surface area contributed by atoms with Crippen molar-refractivity contribution in [3.8, 4) is 0 Å². The number of hydrogen-bond donors (Lipinski definition) is 1. The van der Waals surface area contributed by atoms with Crippen molar-refractivity contribution in [3.63, 3.8) is 0 Å². The molecule has 0 spiro atoms. The summed E-state index contributed by atoms with van der Waals surface area (Å²) in [4.78, 5) is 0. The predicted molar refractivity (Wildman–Crippen MR) is 63.4 cm³/mol. The fourth-order valence-electron chi connectivity index (χ4n) is 2.59. The lowest BCUT2D eigenvalue weighted by molar-refractivity contribution is -0.251. The Morgan fingerprint density at radius 2 is 1.83 bits per heavy atom. The van der Waals surface area contributed by atoms with Crippen LogP contribution in [0, 0.1) is 0 Å². The fraction of sp³-hybridized carbons (Fsp3) is 1.00. The number of halogens is 3. The minimum atomic E-state index is -4.26. The van der Waals surface area contributed by atoms with Crippen LogP contribution in [0.4, 0.5) is 13.2 Å². The lowest BCUT2D eigenvalue weighted by Gasteiger charge is -2.40. The second-order valence-corrected chi connectivity index (χ2v) is 5.70. The predicted octanol–water partition coefficient (Wildman–Crippen LogP) is 3.41. The summed E-state index contributed by atoms with van der Waals surface area (Å²) in [5.41, 5.74) is -0.601. The molecule has 0 aromatic carbocycles. The highest BCUT2D eigenvalue weighted by molar-refractivity contribution is 4.92. The molecule has 2 aliphatic rings. The van der Waals surface area contributed by atoms with Gasteiger partial charge in [-0.1, -0.05) is 19.3 Å². The third-order valence-corrected chi connectivity index (χ3v) is 3.94. The van der Waals surface area contributed by atoms with Gasteiger partial charge in [0.15, 0.2) is 6.10 Å². The SMILES string of the molecule is CC(OC1(CNC2CC2)CCCCC1)C(F)(F)F. The molecule has 2 nitrogen and oxygen atoms in total. The second-order valence-electron chi connectivity index (χ2n) is 5.70. The van der Waals surface area contributed by atoms with E-state index in [1.54, 1.807) is 0 Å². The Hall–Kier alpha value is -0.290. The Labute approximate surface area is 106 Å². The van der Waals surface area contributed by atoms with Crippen LogP contribution in [-0.4, -0.2) is 30.5 Å². The molecule has 0 radical (unpaired) electrons. The van der Waals surface area contributed by atoms with E-state index in [9.17, 15) is 13.2 Å². The van der Waals surface area contributed by atoms with E-state index in [-0.39, 0.29) is 0 Å². The first-order valence-electron chi connectivity index (χ1n) is 6.89. The summed E-state index contributed by atoms with van der Waals surface area (Å²) in [5.74, 6) is 0. The van der Waals surface area contributed by atoms with Crippen molar-refractivity contribution in [2.75, 3.05) is 6.54 Å². The smallest absolute Gasteiger partial charge is 0.361 e. The summed E-state index contributed by atoms with van der Waals surface area (Å²) in [6.45, 7) is 1.69. The Bertz CT molecular complexity index is 270. The van der Waals surface area contributed by atoms with Crippen molar-refractivity contribution in [3.05, 3.63) is 0 Å². The van der Waals surface area contributed by atoms with Crippen LogP contribution in [0.2, 0.25) is 0 Å². The Kier molecular flexibility index (Phi) is 4.22. The molecule has 18 heavy (non-hydrogen) atoms. The summed E-state index contributed by atoms with van der Waals surface area (Å²) >= 11 is 0. The molecule has 0 aromatic heterocycles. The maximum absolute atomic E-state index is 12.6. The molecule has 0 amide bonds. The number of nitrogens with one attached hydrogen (secondary N) is 1. The number of ether oxygens (including phenoxy) is 1. The Morgan fingerprint density at radius 3 is 2.33 bits per heavy atom. The van der Waals surface area contributed by atoms with Gasteiger partial charge in [-0.25, -0.2) is 0 Å². The van der Waals surface area contributed by atoms with Crippen LogP contribution in [0.15, 0.2) is 0 Å². The molecule has 1 N–H and O–H groups in total. The van der Waals surface area contributed by atoms with Crippen LogP contribution < -0.4 is 5.32 Å². The van der Waals surface area contributed by atoms with E-state index in [1.807, 2.05) is 0 Å². The largest absolute Gasteiger partial charge is 0.414 e. The van der Waals surface area contributed by atoms with Crippen molar-refractivity contribution in [1.82, 2.24) is 5.32 Å². The van der Waals surface area contributed by atoms with Crippen LogP contribution in [-0.2, 0) is 4.74 Å². The first-order valence-corrected chi connectivity index (χ1v) is 6.89. The third kappa shape index (κ3) is 3.85. The van der Waals surface area contributed by atoms with E-state index in [2.05, 4.69) is 5.32 Å². The lowest BCUT2D eigenvalue weighted by atomic mass is 9.84.